The molecule has 0 N–H and O–H groups in total. The molecule has 2 bridgehead atoms. The van der Waals surface area contributed by atoms with Crippen LogP contribution in [0.15, 0.2) is 0 Å². The summed E-state index contributed by atoms with van der Waals surface area (Å²) in [4.78, 5) is 11.6. The van der Waals surface area contributed by atoms with E-state index in [0.29, 0.717) is 22.5 Å². The summed E-state index contributed by atoms with van der Waals surface area (Å²) in [7, 11) is 1.87. The minimum absolute atomic E-state index is 0.0188. The zero-order chi connectivity index (χ0) is 13.9. The third kappa shape index (κ3) is 1.62. The van der Waals surface area contributed by atoms with Crippen molar-refractivity contribution in [2.24, 2.45) is 22.7 Å². The van der Waals surface area contributed by atoms with Crippen LogP contribution in [0, 0.1) is 22.7 Å². The van der Waals surface area contributed by atoms with Crippen molar-refractivity contribution >= 4 is 5.78 Å². The van der Waals surface area contributed by atoms with E-state index in [-0.39, 0.29) is 5.60 Å². The molecule has 2 nitrogen and oxygen atoms in total. The van der Waals surface area contributed by atoms with Gasteiger partial charge in [-0.2, -0.15) is 0 Å². The molecule has 0 saturated heterocycles. The van der Waals surface area contributed by atoms with Gasteiger partial charge in [0, 0.05) is 20.0 Å². The van der Waals surface area contributed by atoms with E-state index in [1.165, 1.54) is 19.3 Å². The van der Waals surface area contributed by atoms with Crippen molar-refractivity contribution in [3.63, 3.8) is 0 Å². The molecule has 3 atom stereocenters. The Bertz CT molecular complexity index is 388. The number of fused-ring (bicyclic) bond motifs is 2. The van der Waals surface area contributed by atoms with Crippen LogP contribution in [-0.4, -0.2) is 18.5 Å². The molecule has 0 heterocycles. The highest BCUT2D eigenvalue weighted by molar-refractivity contribution is 5.79. The highest BCUT2D eigenvalue weighted by Gasteiger charge is 2.66. The summed E-state index contributed by atoms with van der Waals surface area (Å²) >= 11 is 0. The Kier molecular flexibility index (Phi) is 2.91. The summed E-state index contributed by atoms with van der Waals surface area (Å²) in [5.41, 5.74) is 0.813. The number of hydrogen-bond acceptors (Lipinski definition) is 2. The lowest BCUT2D eigenvalue weighted by atomic mass is 9.59. The molecule has 0 unspecified atom stereocenters. The first-order valence-corrected chi connectivity index (χ1v) is 7.93. The molecular formula is C17H28O2. The molecule has 0 aromatic rings. The van der Waals surface area contributed by atoms with E-state index < -0.39 is 0 Å². The first kappa shape index (κ1) is 13.6. The lowest BCUT2D eigenvalue weighted by Crippen LogP contribution is -2.50. The van der Waals surface area contributed by atoms with Crippen LogP contribution in [0.25, 0.3) is 0 Å². The van der Waals surface area contributed by atoms with Crippen LogP contribution in [0.4, 0.5) is 0 Å². The number of carbonyl (C=O) groups is 1. The predicted molar refractivity (Wildman–Crippen MR) is 75.9 cm³/mol. The van der Waals surface area contributed by atoms with Gasteiger partial charge in [-0.25, -0.2) is 0 Å². The Morgan fingerprint density at radius 3 is 2.16 bits per heavy atom. The third-order valence-corrected chi connectivity index (χ3v) is 7.49. The van der Waals surface area contributed by atoms with Gasteiger partial charge in [-0.1, -0.05) is 20.8 Å². The predicted octanol–water partition coefficient (Wildman–Crippen LogP) is 3.98. The van der Waals surface area contributed by atoms with Crippen molar-refractivity contribution in [1.29, 1.82) is 0 Å². The fourth-order valence-electron chi connectivity index (χ4n) is 5.65. The van der Waals surface area contributed by atoms with Crippen LogP contribution in [0.2, 0.25) is 0 Å². The Morgan fingerprint density at radius 2 is 1.74 bits per heavy atom. The minimum Gasteiger partial charge on any atom is -0.378 e. The van der Waals surface area contributed by atoms with Crippen LogP contribution >= 0.6 is 0 Å². The van der Waals surface area contributed by atoms with Gasteiger partial charge in [-0.3, -0.25) is 4.79 Å². The van der Waals surface area contributed by atoms with Crippen molar-refractivity contribution < 1.29 is 9.53 Å². The van der Waals surface area contributed by atoms with E-state index >= 15 is 0 Å². The lowest BCUT2D eigenvalue weighted by molar-refractivity contribution is -0.144. The standard InChI is InChI=1S/C17H28O2/c1-15(2)12-5-8-16(15,3)14(11-12)17(19-4)9-6-13(18)7-10-17/h12,14H,5-11H2,1-4H3/t12-,14-,16+/m1/s1. The van der Waals surface area contributed by atoms with Crippen molar-refractivity contribution in [3.8, 4) is 0 Å². The van der Waals surface area contributed by atoms with Crippen LogP contribution in [0.1, 0.15) is 65.7 Å². The minimum atomic E-state index is -0.0188. The first-order valence-electron chi connectivity index (χ1n) is 7.93. The zero-order valence-corrected chi connectivity index (χ0v) is 12.9. The summed E-state index contributed by atoms with van der Waals surface area (Å²) in [6.07, 6.45) is 7.40. The van der Waals surface area contributed by atoms with Gasteiger partial charge in [-0.05, 0) is 54.8 Å². The van der Waals surface area contributed by atoms with Crippen molar-refractivity contribution in [2.45, 2.75) is 71.3 Å². The van der Waals surface area contributed by atoms with Crippen molar-refractivity contribution in [1.82, 2.24) is 0 Å². The molecule has 0 aromatic heterocycles. The Balaban J connectivity index is 1.92. The molecule has 3 saturated carbocycles. The van der Waals surface area contributed by atoms with Gasteiger partial charge < -0.3 is 4.74 Å². The Hall–Kier alpha value is -0.370. The van der Waals surface area contributed by atoms with Crippen LogP contribution < -0.4 is 0 Å². The average molecular weight is 264 g/mol. The highest BCUT2D eigenvalue weighted by Crippen LogP contribution is 2.71. The molecule has 0 radical (unpaired) electrons. The topological polar surface area (TPSA) is 26.3 Å². The summed E-state index contributed by atoms with van der Waals surface area (Å²) in [6.45, 7) is 7.41. The Morgan fingerprint density at radius 1 is 1.11 bits per heavy atom. The van der Waals surface area contributed by atoms with Crippen molar-refractivity contribution in [2.75, 3.05) is 7.11 Å². The zero-order valence-electron chi connectivity index (χ0n) is 12.9. The van der Waals surface area contributed by atoms with E-state index in [4.69, 9.17) is 4.74 Å². The van der Waals surface area contributed by atoms with Gasteiger partial charge >= 0.3 is 0 Å². The monoisotopic (exact) mass is 264 g/mol. The maximum atomic E-state index is 11.6. The number of methoxy groups -OCH3 is 1. The van der Waals surface area contributed by atoms with E-state index in [9.17, 15) is 4.79 Å². The molecule has 3 fully saturated rings. The molecule has 3 rings (SSSR count). The molecule has 0 amide bonds. The van der Waals surface area contributed by atoms with Crippen LogP contribution in [0.3, 0.4) is 0 Å². The van der Waals surface area contributed by atoms with Crippen LogP contribution in [-0.2, 0) is 9.53 Å². The molecule has 2 heteroatoms. The largest absolute Gasteiger partial charge is 0.378 e. The second kappa shape index (κ2) is 4.07. The molecule has 108 valence electrons. The summed E-state index contributed by atoms with van der Waals surface area (Å²) < 4.78 is 6.07. The molecule has 19 heavy (non-hydrogen) atoms. The van der Waals surface area contributed by atoms with Gasteiger partial charge in [0.15, 0.2) is 0 Å². The summed E-state index contributed by atoms with van der Waals surface area (Å²) in [5.74, 6) is 1.93. The fourth-order valence-corrected chi connectivity index (χ4v) is 5.65. The lowest BCUT2D eigenvalue weighted by Gasteiger charge is -2.50. The average Bonchev–Trinajstić information content (AvgIpc) is 2.73. The summed E-state index contributed by atoms with van der Waals surface area (Å²) in [5, 5.41) is 0. The van der Waals surface area contributed by atoms with E-state index in [1.54, 1.807) is 0 Å². The SMILES string of the molecule is COC1([C@@H]2C[C@H]3CC[C@]2(C)C3(C)C)CCC(=O)CC1. The number of ketones is 1. The fraction of sp³-hybridized carbons (Fsp3) is 0.941. The number of hydrogen-bond donors (Lipinski definition) is 0. The first-order chi connectivity index (χ1) is 8.86. The number of rotatable bonds is 2. The normalized spacial score (nSPS) is 43.7. The molecular weight excluding hydrogens is 236 g/mol. The summed E-state index contributed by atoms with van der Waals surface area (Å²) in [6, 6.07) is 0. The molecule has 0 aliphatic heterocycles. The number of carbonyl (C=O) groups excluding carboxylic acids is 1. The maximum absolute atomic E-state index is 11.6. The molecule has 0 spiro atoms. The quantitative estimate of drug-likeness (QED) is 0.754. The van der Waals surface area contributed by atoms with E-state index in [2.05, 4.69) is 20.8 Å². The smallest absolute Gasteiger partial charge is 0.133 e. The second-order valence-electron chi connectivity index (χ2n) is 7.97. The molecule has 3 aliphatic carbocycles. The molecule has 0 aromatic carbocycles. The second-order valence-corrected chi connectivity index (χ2v) is 7.97. The maximum Gasteiger partial charge on any atom is 0.133 e. The highest BCUT2D eigenvalue weighted by atomic mass is 16.5. The van der Waals surface area contributed by atoms with Gasteiger partial charge in [-0.15, -0.1) is 0 Å². The molecule has 3 aliphatic rings. The number of Topliss-reactive ketones (excluding diaryl/α,β-unsaturated/α-hetero) is 1. The van der Waals surface area contributed by atoms with Gasteiger partial charge in [0.25, 0.3) is 0 Å². The number of ether oxygens (including phenoxy) is 1. The Labute approximate surface area is 117 Å². The van der Waals surface area contributed by atoms with E-state index in [0.717, 1.165) is 31.6 Å². The third-order valence-electron chi connectivity index (χ3n) is 7.49. The van der Waals surface area contributed by atoms with Crippen LogP contribution in [0.5, 0.6) is 0 Å². The van der Waals surface area contributed by atoms with Crippen molar-refractivity contribution in [3.05, 3.63) is 0 Å². The van der Waals surface area contributed by atoms with Gasteiger partial charge in [0.2, 0.25) is 0 Å². The van der Waals surface area contributed by atoms with E-state index in [1.807, 2.05) is 7.11 Å². The van der Waals surface area contributed by atoms with Gasteiger partial charge in [0.05, 0.1) is 5.60 Å². The van der Waals surface area contributed by atoms with Gasteiger partial charge in [0.1, 0.15) is 5.78 Å².